The second kappa shape index (κ2) is 7.43. The Morgan fingerprint density at radius 3 is 2.65 bits per heavy atom. The molecule has 2 aromatic rings. The number of aryl methyl sites for hydroxylation is 2. The minimum atomic E-state index is -3.82. The SMILES string of the molecule is Cc1ccc(S(=O)(=O)OCCc2ccc3c(n2)N(C(=O)O)CCC3)cc1. The molecule has 138 valence electrons. The van der Waals surface area contributed by atoms with E-state index in [1.165, 1.54) is 17.0 Å². The summed E-state index contributed by atoms with van der Waals surface area (Å²) in [6, 6.07) is 10.1. The molecule has 0 unspecified atom stereocenters. The molecule has 0 atom stereocenters. The standard InChI is InChI=1S/C18H20N2O5S/c1-13-4-8-16(9-5-13)26(23,24)25-12-10-15-7-6-14-3-2-11-20(18(21)22)17(14)19-15/h4-9H,2-3,10-12H2,1H3,(H,21,22). The van der Waals surface area contributed by atoms with Crippen molar-refractivity contribution in [2.24, 2.45) is 0 Å². The average molecular weight is 376 g/mol. The minimum absolute atomic E-state index is 0.0604. The molecule has 0 aliphatic carbocycles. The fourth-order valence-corrected chi connectivity index (χ4v) is 3.74. The van der Waals surface area contributed by atoms with Gasteiger partial charge >= 0.3 is 6.09 Å². The van der Waals surface area contributed by atoms with Crippen LogP contribution in [0.2, 0.25) is 0 Å². The Kier molecular flexibility index (Phi) is 5.24. The Hall–Kier alpha value is -2.45. The molecule has 1 aromatic heterocycles. The van der Waals surface area contributed by atoms with Crippen LogP contribution in [-0.2, 0) is 27.1 Å². The number of benzene rings is 1. The highest BCUT2D eigenvalue weighted by atomic mass is 32.2. The monoisotopic (exact) mass is 376 g/mol. The van der Waals surface area contributed by atoms with Gasteiger partial charge in [-0.15, -0.1) is 0 Å². The zero-order chi connectivity index (χ0) is 18.7. The smallest absolute Gasteiger partial charge is 0.413 e. The summed E-state index contributed by atoms with van der Waals surface area (Å²) in [4.78, 5) is 17.1. The highest BCUT2D eigenvalue weighted by molar-refractivity contribution is 7.86. The number of hydrogen-bond acceptors (Lipinski definition) is 5. The predicted octanol–water partition coefficient (Wildman–Crippen LogP) is 2.77. The molecule has 1 aromatic carbocycles. The molecule has 1 aliphatic heterocycles. The van der Waals surface area contributed by atoms with Crippen molar-refractivity contribution in [3.05, 3.63) is 53.2 Å². The maximum absolute atomic E-state index is 12.2. The van der Waals surface area contributed by atoms with Crippen LogP contribution in [0.5, 0.6) is 0 Å². The lowest BCUT2D eigenvalue weighted by molar-refractivity contribution is 0.201. The molecule has 0 saturated heterocycles. The van der Waals surface area contributed by atoms with Crippen molar-refractivity contribution in [1.29, 1.82) is 0 Å². The molecule has 0 radical (unpaired) electrons. The van der Waals surface area contributed by atoms with Crippen LogP contribution in [0.15, 0.2) is 41.3 Å². The Bertz CT molecular complexity index is 910. The van der Waals surface area contributed by atoms with Crippen LogP contribution >= 0.6 is 0 Å². The van der Waals surface area contributed by atoms with Crippen molar-refractivity contribution in [1.82, 2.24) is 4.98 Å². The maximum Gasteiger partial charge on any atom is 0.413 e. The van der Waals surface area contributed by atoms with Crippen LogP contribution in [0, 0.1) is 6.92 Å². The van der Waals surface area contributed by atoms with Crippen molar-refractivity contribution in [2.75, 3.05) is 18.1 Å². The van der Waals surface area contributed by atoms with Crippen molar-refractivity contribution < 1.29 is 22.5 Å². The third-order valence-corrected chi connectivity index (χ3v) is 5.56. The van der Waals surface area contributed by atoms with Gasteiger partial charge < -0.3 is 5.11 Å². The van der Waals surface area contributed by atoms with E-state index in [0.717, 1.165) is 24.0 Å². The Morgan fingerprint density at radius 1 is 1.23 bits per heavy atom. The molecule has 2 heterocycles. The van der Waals surface area contributed by atoms with Gasteiger partial charge in [0.15, 0.2) is 0 Å². The number of fused-ring (bicyclic) bond motifs is 1. The average Bonchev–Trinajstić information content (AvgIpc) is 2.61. The van der Waals surface area contributed by atoms with Gasteiger partial charge in [-0.25, -0.2) is 9.78 Å². The van der Waals surface area contributed by atoms with E-state index in [0.29, 0.717) is 18.1 Å². The second-order valence-corrected chi connectivity index (χ2v) is 7.78. The topological polar surface area (TPSA) is 96.8 Å². The number of carbonyl (C=O) groups is 1. The Morgan fingerprint density at radius 2 is 1.96 bits per heavy atom. The van der Waals surface area contributed by atoms with Gasteiger partial charge in [-0.1, -0.05) is 23.8 Å². The summed E-state index contributed by atoms with van der Waals surface area (Å²) in [5, 5.41) is 9.29. The maximum atomic E-state index is 12.2. The molecule has 0 fully saturated rings. The van der Waals surface area contributed by atoms with E-state index >= 15 is 0 Å². The Balaban J connectivity index is 1.68. The molecule has 26 heavy (non-hydrogen) atoms. The summed E-state index contributed by atoms with van der Waals surface area (Å²) in [7, 11) is -3.82. The van der Waals surface area contributed by atoms with Crippen LogP contribution in [-0.4, -0.2) is 37.8 Å². The fraction of sp³-hybridized carbons (Fsp3) is 0.333. The van der Waals surface area contributed by atoms with Crippen LogP contribution in [0.1, 0.15) is 23.2 Å². The number of amides is 1. The van der Waals surface area contributed by atoms with Gasteiger partial charge in [-0.05, 0) is 43.5 Å². The third kappa shape index (κ3) is 4.03. The summed E-state index contributed by atoms with van der Waals surface area (Å²) in [5.41, 5.74) is 2.44. The van der Waals surface area contributed by atoms with Crippen LogP contribution in [0.3, 0.4) is 0 Å². The number of hydrogen-bond donors (Lipinski definition) is 1. The van der Waals surface area contributed by atoms with Gasteiger partial charge in [0.2, 0.25) is 0 Å². The van der Waals surface area contributed by atoms with Gasteiger partial charge in [0.1, 0.15) is 5.82 Å². The summed E-state index contributed by atoms with van der Waals surface area (Å²) in [5.74, 6) is 0.433. The number of rotatable bonds is 5. The van der Waals surface area contributed by atoms with E-state index in [9.17, 15) is 18.3 Å². The van der Waals surface area contributed by atoms with Crippen molar-refractivity contribution in [3.63, 3.8) is 0 Å². The molecule has 0 saturated carbocycles. The van der Waals surface area contributed by atoms with Crippen molar-refractivity contribution >= 4 is 22.0 Å². The molecular formula is C18H20N2O5S. The number of anilines is 1. The number of nitrogens with zero attached hydrogens (tertiary/aromatic N) is 2. The largest absolute Gasteiger partial charge is 0.465 e. The van der Waals surface area contributed by atoms with Crippen LogP contribution in [0.4, 0.5) is 10.6 Å². The van der Waals surface area contributed by atoms with Crippen molar-refractivity contribution in [3.8, 4) is 0 Å². The van der Waals surface area contributed by atoms with E-state index in [2.05, 4.69) is 4.98 Å². The molecule has 8 heteroatoms. The van der Waals surface area contributed by atoms with E-state index in [-0.39, 0.29) is 17.9 Å². The van der Waals surface area contributed by atoms with Gasteiger partial charge in [-0.2, -0.15) is 8.42 Å². The third-order valence-electron chi connectivity index (χ3n) is 4.23. The number of carboxylic acid groups (broad SMARTS) is 1. The first-order valence-corrected chi connectivity index (χ1v) is 9.73. The second-order valence-electron chi connectivity index (χ2n) is 6.16. The summed E-state index contributed by atoms with van der Waals surface area (Å²) >= 11 is 0. The lowest BCUT2D eigenvalue weighted by Gasteiger charge is -2.26. The normalized spacial score (nSPS) is 14.1. The van der Waals surface area contributed by atoms with E-state index < -0.39 is 16.2 Å². The van der Waals surface area contributed by atoms with Gasteiger partial charge in [0.25, 0.3) is 10.1 Å². The fourth-order valence-electron chi connectivity index (χ4n) is 2.83. The zero-order valence-corrected chi connectivity index (χ0v) is 15.2. The van der Waals surface area contributed by atoms with Gasteiger partial charge in [-0.3, -0.25) is 9.08 Å². The van der Waals surface area contributed by atoms with E-state index in [1.807, 2.05) is 13.0 Å². The molecule has 1 aliphatic rings. The predicted molar refractivity (Wildman–Crippen MR) is 95.9 cm³/mol. The Labute approximate surface area is 152 Å². The molecule has 1 amide bonds. The molecule has 1 N–H and O–H groups in total. The quantitative estimate of drug-likeness (QED) is 0.806. The lowest BCUT2D eigenvalue weighted by Crippen LogP contribution is -2.35. The molecular weight excluding hydrogens is 356 g/mol. The van der Waals surface area contributed by atoms with E-state index in [1.54, 1.807) is 18.2 Å². The molecule has 0 spiro atoms. The molecule has 7 nitrogen and oxygen atoms in total. The minimum Gasteiger partial charge on any atom is -0.465 e. The zero-order valence-electron chi connectivity index (χ0n) is 14.4. The first-order valence-electron chi connectivity index (χ1n) is 8.32. The highest BCUT2D eigenvalue weighted by Gasteiger charge is 2.23. The first kappa shape index (κ1) is 18.3. The highest BCUT2D eigenvalue weighted by Crippen LogP contribution is 2.25. The first-order chi connectivity index (χ1) is 12.4. The summed E-state index contributed by atoms with van der Waals surface area (Å²) in [6.45, 7) is 2.23. The van der Waals surface area contributed by atoms with Crippen LogP contribution in [0.25, 0.3) is 0 Å². The van der Waals surface area contributed by atoms with Gasteiger partial charge in [0.05, 0.1) is 11.5 Å². The van der Waals surface area contributed by atoms with Crippen LogP contribution < -0.4 is 4.90 Å². The van der Waals surface area contributed by atoms with Gasteiger partial charge in [0, 0.05) is 18.7 Å². The summed E-state index contributed by atoms with van der Waals surface area (Å²) in [6.07, 6.45) is 0.781. The van der Waals surface area contributed by atoms with E-state index in [4.69, 9.17) is 4.18 Å². The number of pyridine rings is 1. The molecule has 0 bridgehead atoms. The summed E-state index contributed by atoms with van der Waals surface area (Å²) < 4.78 is 29.4. The lowest BCUT2D eigenvalue weighted by atomic mass is 10.1. The molecule has 3 rings (SSSR count). The number of aromatic nitrogens is 1. The van der Waals surface area contributed by atoms with Crippen molar-refractivity contribution in [2.45, 2.75) is 31.1 Å².